The van der Waals surface area contributed by atoms with E-state index < -0.39 is 0 Å². The lowest BCUT2D eigenvalue weighted by Gasteiger charge is -2.18. The van der Waals surface area contributed by atoms with Crippen molar-refractivity contribution in [1.82, 2.24) is 4.98 Å². The van der Waals surface area contributed by atoms with Crippen molar-refractivity contribution < 1.29 is 9.21 Å². The van der Waals surface area contributed by atoms with E-state index >= 15 is 0 Å². The Bertz CT molecular complexity index is 400. The third-order valence-corrected chi connectivity index (χ3v) is 3.95. The number of hydrogen-bond donors (Lipinski definition) is 0. The molecule has 17 heavy (non-hydrogen) atoms. The molecule has 3 heteroatoms. The zero-order chi connectivity index (χ0) is 11.7. The third-order valence-electron chi connectivity index (χ3n) is 3.95. The van der Waals surface area contributed by atoms with Crippen LogP contribution in [0.25, 0.3) is 0 Å². The molecule has 0 bridgehead atoms. The van der Waals surface area contributed by atoms with Crippen molar-refractivity contribution in [1.29, 1.82) is 0 Å². The fourth-order valence-corrected chi connectivity index (χ4v) is 2.69. The van der Waals surface area contributed by atoms with E-state index in [1.807, 2.05) is 0 Å². The fourth-order valence-electron chi connectivity index (χ4n) is 2.69. The van der Waals surface area contributed by atoms with Crippen molar-refractivity contribution >= 4 is 5.78 Å². The van der Waals surface area contributed by atoms with Gasteiger partial charge in [-0.25, -0.2) is 4.98 Å². The predicted molar refractivity (Wildman–Crippen MR) is 63.8 cm³/mol. The van der Waals surface area contributed by atoms with Crippen LogP contribution < -0.4 is 0 Å². The van der Waals surface area contributed by atoms with Crippen LogP contribution in [0.5, 0.6) is 0 Å². The summed E-state index contributed by atoms with van der Waals surface area (Å²) in [5, 5.41) is 0. The first kappa shape index (κ1) is 11.0. The van der Waals surface area contributed by atoms with Crippen LogP contribution in [0.2, 0.25) is 0 Å². The van der Waals surface area contributed by atoms with Crippen LogP contribution in [-0.2, 0) is 11.2 Å². The van der Waals surface area contributed by atoms with Crippen molar-refractivity contribution in [2.24, 2.45) is 5.92 Å². The second-order valence-electron chi connectivity index (χ2n) is 5.42. The lowest BCUT2D eigenvalue weighted by Crippen LogP contribution is -2.07. The van der Waals surface area contributed by atoms with Gasteiger partial charge in [0.05, 0.1) is 12.1 Å². The molecule has 2 saturated carbocycles. The molecule has 92 valence electrons. The van der Waals surface area contributed by atoms with Gasteiger partial charge in [0, 0.05) is 11.8 Å². The molecule has 1 aromatic rings. The Labute approximate surface area is 102 Å². The zero-order valence-electron chi connectivity index (χ0n) is 10.2. The van der Waals surface area contributed by atoms with Gasteiger partial charge in [0.15, 0.2) is 0 Å². The topological polar surface area (TPSA) is 43.1 Å². The summed E-state index contributed by atoms with van der Waals surface area (Å²) in [5.41, 5.74) is 1.07. The van der Waals surface area contributed by atoms with Gasteiger partial charge in [-0.1, -0.05) is 19.3 Å². The molecule has 0 radical (unpaired) electrons. The number of oxazole rings is 1. The Morgan fingerprint density at radius 2 is 2.00 bits per heavy atom. The molecule has 0 spiro atoms. The van der Waals surface area contributed by atoms with E-state index in [-0.39, 0.29) is 0 Å². The quantitative estimate of drug-likeness (QED) is 0.801. The first-order valence-corrected chi connectivity index (χ1v) is 6.80. The predicted octanol–water partition coefficient (Wildman–Crippen LogP) is 3.24. The van der Waals surface area contributed by atoms with Gasteiger partial charge in [0.25, 0.3) is 0 Å². The molecule has 0 atom stereocenters. The van der Waals surface area contributed by atoms with Crippen LogP contribution in [0.15, 0.2) is 10.7 Å². The van der Waals surface area contributed by atoms with E-state index in [0.29, 0.717) is 29.9 Å². The van der Waals surface area contributed by atoms with Crippen LogP contribution in [0.1, 0.15) is 62.4 Å². The molecule has 1 aromatic heterocycles. The molecule has 0 aromatic carbocycles. The highest BCUT2D eigenvalue weighted by atomic mass is 16.3. The molecule has 0 N–H and O–H groups in total. The van der Waals surface area contributed by atoms with E-state index in [9.17, 15) is 4.79 Å². The van der Waals surface area contributed by atoms with Crippen LogP contribution >= 0.6 is 0 Å². The van der Waals surface area contributed by atoms with Gasteiger partial charge < -0.3 is 4.42 Å². The number of carbonyl (C=O) groups is 1. The minimum atomic E-state index is 0.306. The molecule has 0 amide bonds. The summed E-state index contributed by atoms with van der Waals surface area (Å²) in [4.78, 5) is 16.2. The number of ketones is 1. The smallest absolute Gasteiger partial charge is 0.201 e. The maximum absolute atomic E-state index is 11.7. The molecule has 3 rings (SSSR count). The Morgan fingerprint density at radius 3 is 2.71 bits per heavy atom. The molecule has 2 aliphatic rings. The number of hydrogen-bond acceptors (Lipinski definition) is 3. The third kappa shape index (κ3) is 2.59. The second kappa shape index (κ2) is 4.63. The highest BCUT2D eigenvalue weighted by Crippen LogP contribution is 2.33. The summed E-state index contributed by atoms with van der Waals surface area (Å²) < 4.78 is 5.43. The largest absolute Gasteiger partial charge is 0.448 e. The lowest BCUT2D eigenvalue weighted by molar-refractivity contribution is -0.119. The molecule has 2 fully saturated rings. The Hall–Kier alpha value is -1.12. The van der Waals surface area contributed by atoms with Gasteiger partial charge in [-0.2, -0.15) is 0 Å². The van der Waals surface area contributed by atoms with E-state index in [1.54, 1.807) is 6.26 Å². The summed E-state index contributed by atoms with van der Waals surface area (Å²) in [6.07, 6.45) is 10.7. The minimum Gasteiger partial charge on any atom is -0.448 e. The van der Waals surface area contributed by atoms with Gasteiger partial charge >= 0.3 is 0 Å². The first-order valence-electron chi connectivity index (χ1n) is 6.80. The summed E-state index contributed by atoms with van der Waals surface area (Å²) in [7, 11) is 0. The molecular weight excluding hydrogens is 214 g/mol. The number of carbonyl (C=O) groups excluding carboxylic acids is 1. The highest BCUT2D eigenvalue weighted by Gasteiger charge is 2.30. The minimum absolute atomic E-state index is 0.306. The maximum atomic E-state index is 11.7. The normalized spacial score (nSPS) is 21.6. The molecule has 0 unspecified atom stereocenters. The van der Waals surface area contributed by atoms with E-state index in [1.165, 1.54) is 32.1 Å². The lowest BCUT2D eigenvalue weighted by atomic mass is 9.87. The fraction of sp³-hybridized carbons (Fsp3) is 0.714. The molecule has 3 nitrogen and oxygen atoms in total. The maximum Gasteiger partial charge on any atom is 0.201 e. The number of aromatic nitrogens is 1. The zero-order valence-corrected chi connectivity index (χ0v) is 10.2. The molecule has 0 aliphatic heterocycles. The number of nitrogens with zero attached hydrogens (tertiary/aromatic N) is 1. The van der Waals surface area contributed by atoms with Crippen molar-refractivity contribution in [2.45, 2.75) is 57.3 Å². The Balaban J connectivity index is 1.62. The average molecular weight is 233 g/mol. The van der Waals surface area contributed by atoms with Crippen LogP contribution in [0.3, 0.4) is 0 Å². The van der Waals surface area contributed by atoms with E-state index in [0.717, 1.165) is 18.5 Å². The molecule has 1 heterocycles. The van der Waals surface area contributed by atoms with Gasteiger partial charge in [-0.05, 0) is 25.7 Å². The molecule has 0 saturated heterocycles. The summed E-state index contributed by atoms with van der Waals surface area (Å²) in [5.74, 6) is 1.81. The van der Waals surface area contributed by atoms with Crippen molar-refractivity contribution in [2.75, 3.05) is 0 Å². The van der Waals surface area contributed by atoms with Crippen LogP contribution in [0, 0.1) is 5.92 Å². The Morgan fingerprint density at radius 1 is 1.24 bits per heavy atom. The standard InChI is InChI=1S/C14H19NO2/c16-13(11-6-7-11)8-14-15-12(9-17-14)10-4-2-1-3-5-10/h9-11H,1-8H2. The molecular formula is C14H19NO2. The number of rotatable bonds is 4. The second-order valence-corrected chi connectivity index (χ2v) is 5.42. The summed E-state index contributed by atoms with van der Waals surface area (Å²) in [6.45, 7) is 0. The van der Waals surface area contributed by atoms with Gasteiger partial charge in [-0.15, -0.1) is 0 Å². The average Bonchev–Trinajstić information content (AvgIpc) is 3.12. The highest BCUT2D eigenvalue weighted by molar-refractivity contribution is 5.84. The van der Waals surface area contributed by atoms with Crippen molar-refractivity contribution in [3.8, 4) is 0 Å². The van der Waals surface area contributed by atoms with Crippen molar-refractivity contribution in [3.05, 3.63) is 17.8 Å². The SMILES string of the molecule is O=C(Cc1nc(C2CCCCC2)co1)C1CC1. The van der Waals surface area contributed by atoms with E-state index in [4.69, 9.17) is 4.42 Å². The first-order chi connectivity index (χ1) is 8.33. The summed E-state index contributed by atoms with van der Waals surface area (Å²) in [6, 6.07) is 0. The van der Waals surface area contributed by atoms with Gasteiger partial charge in [-0.3, -0.25) is 4.79 Å². The number of Topliss-reactive ketones (excluding diaryl/α,β-unsaturated/α-hetero) is 1. The van der Waals surface area contributed by atoms with Crippen LogP contribution in [0.4, 0.5) is 0 Å². The Kier molecular flexibility index (Phi) is 3.00. The monoisotopic (exact) mass is 233 g/mol. The van der Waals surface area contributed by atoms with E-state index in [2.05, 4.69) is 4.98 Å². The summed E-state index contributed by atoms with van der Waals surface area (Å²) >= 11 is 0. The van der Waals surface area contributed by atoms with Crippen LogP contribution in [-0.4, -0.2) is 10.8 Å². The van der Waals surface area contributed by atoms with Crippen molar-refractivity contribution in [3.63, 3.8) is 0 Å². The van der Waals surface area contributed by atoms with Gasteiger partial charge in [0.2, 0.25) is 5.89 Å². The van der Waals surface area contributed by atoms with Gasteiger partial charge in [0.1, 0.15) is 12.0 Å². The molecule has 2 aliphatic carbocycles.